The van der Waals surface area contributed by atoms with Crippen molar-refractivity contribution in [2.45, 2.75) is 13.3 Å². The summed E-state index contributed by atoms with van der Waals surface area (Å²) in [6, 6.07) is 5.48. The monoisotopic (exact) mass is 265 g/mol. The zero-order chi connectivity index (χ0) is 12.3. The lowest BCUT2D eigenvalue weighted by Crippen LogP contribution is -2.01. The minimum absolute atomic E-state index is 0.624. The van der Waals surface area contributed by atoms with Gasteiger partial charge in [-0.05, 0) is 37.1 Å². The van der Waals surface area contributed by atoms with Crippen LogP contribution in [-0.2, 0) is 0 Å². The summed E-state index contributed by atoms with van der Waals surface area (Å²) in [4.78, 5) is 0. The molecule has 0 aliphatic heterocycles. The molecule has 1 nitrogen and oxygen atoms in total. The summed E-state index contributed by atoms with van der Waals surface area (Å²) < 4.78 is 0. The first-order valence-corrected chi connectivity index (χ1v) is 6.19. The number of allylic oxidation sites excluding steroid dienone is 5. The Balaban J connectivity index is 2.32. The average molecular weight is 266 g/mol. The van der Waals surface area contributed by atoms with Gasteiger partial charge in [-0.15, -0.1) is 0 Å². The number of anilines is 1. The van der Waals surface area contributed by atoms with E-state index >= 15 is 0 Å². The van der Waals surface area contributed by atoms with Crippen LogP contribution < -0.4 is 5.32 Å². The van der Waals surface area contributed by atoms with Crippen LogP contribution in [-0.4, -0.2) is 0 Å². The van der Waals surface area contributed by atoms with Crippen LogP contribution in [0.2, 0.25) is 10.0 Å². The van der Waals surface area contributed by atoms with Crippen LogP contribution in [0.3, 0.4) is 0 Å². The van der Waals surface area contributed by atoms with Gasteiger partial charge in [-0.25, -0.2) is 0 Å². The highest BCUT2D eigenvalue weighted by atomic mass is 35.5. The summed E-state index contributed by atoms with van der Waals surface area (Å²) in [6.45, 7) is 2.07. The second-order valence-corrected chi connectivity index (χ2v) is 4.67. The third-order valence-electron chi connectivity index (χ3n) is 2.61. The number of hydrogen-bond acceptors (Lipinski definition) is 1. The van der Waals surface area contributed by atoms with Crippen molar-refractivity contribution >= 4 is 28.9 Å². The van der Waals surface area contributed by atoms with Gasteiger partial charge in [0.2, 0.25) is 0 Å². The minimum atomic E-state index is 0.624. The highest BCUT2D eigenvalue weighted by molar-refractivity contribution is 6.39. The number of nitrogens with one attached hydrogen (secondary N) is 1. The predicted octanol–water partition coefficient (Wildman–Crippen LogP) is 5.20. The molecule has 1 aliphatic carbocycles. The largest absolute Gasteiger partial charge is 0.353 e. The van der Waals surface area contributed by atoms with E-state index in [9.17, 15) is 0 Å². The first-order chi connectivity index (χ1) is 8.18. The fraction of sp³-hybridized carbons (Fsp3) is 0.143. The molecular formula is C14H13Cl2N. The Morgan fingerprint density at radius 1 is 1.18 bits per heavy atom. The highest BCUT2D eigenvalue weighted by Gasteiger charge is 2.08. The molecule has 0 heterocycles. The van der Waals surface area contributed by atoms with E-state index in [1.54, 1.807) is 0 Å². The van der Waals surface area contributed by atoms with Crippen molar-refractivity contribution in [1.29, 1.82) is 0 Å². The maximum Gasteiger partial charge on any atom is 0.0762 e. The molecule has 0 atom stereocenters. The predicted molar refractivity (Wildman–Crippen MR) is 75.7 cm³/mol. The van der Waals surface area contributed by atoms with E-state index in [1.807, 2.05) is 30.4 Å². The first kappa shape index (κ1) is 12.3. The van der Waals surface area contributed by atoms with Gasteiger partial charge in [0.1, 0.15) is 0 Å². The number of hydrogen-bond donors (Lipinski definition) is 1. The second kappa shape index (κ2) is 5.44. The summed E-state index contributed by atoms with van der Waals surface area (Å²) in [7, 11) is 0. The lowest BCUT2D eigenvalue weighted by Gasteiger charge is -2.13. The summed E-state index contributed by atoms with van der Waals surface area (Å²) in [5.41, 5.74) is 2.96. The van der Waals surface area contributed by atoms with Gasteiger partial charge < -0.3 is 5.32 Å². The lowest BCUT2D eigenvalue weighted by molar-refractivity contribution is 1.29. The molecule has 88 valence electrons. The van der Waals surface area contributed by atoms with Crippen molar-refractivity contribution in [2.24, 2.45) is 0 Å². The van der Waals surface area contributed by atoms with Gasteiger partial charge in [-0.3, -0.25) is 0 Å². The molecule has 0 unspecified atom stereocenters. The Bertz CT molecular complexity index is 493. The zero-order valence-corrected chi connectivity index (χ0v) is 11.0. The molecule has 3 heteroatoms. The van der Waals surface area contributed by atoms with Gasteiger partial charge in [0.25, 0.3) is 0 Å². The Hall–Kier alpha value is -1.18. The maximum atomic E-state index is 6.13. The van der Waals surface area contributed by atoms with Gasteiger partial charge in [0.15, 0.2) is 0 Å². The van der Waals surface area contributed by atoms with E-state index in [1.165, 1.54) is 5.57 Å². The molecule has 1 N–H and O–H groups in total. The molecular weight excluding hydrogens is 253 g/mol. The van der Waals surface area contributed by atoms with Crippen molar-refractivity contribution in [3.63, 3.8) is 0 Å². The van der Waals surface area contributed by atoms with Gasteiger partial charge in [-0.2, -0.15) is 0 Å². The smallest absolute Gasteiger partial charge is 0.0762 e. The minimum Gasteiger partial charge on any atom is -0.353 e. The molecule has 0 bridgehead atoms. The molecule has 0 aromatic heterocycles. The Morgan fingerprint density at radius 2 is 1.88 bits per heavy atom. The van der Waals surface area contributed by atoms with Crippen molar-refractivity contribution < 1.29 is 0 Å². The van der Waals surface area contributed by atoms with E-state index in [0.717, 1.165) is 17.8 Å². The average Bonchev–Trinajstić information content (AvgIpc) is 2.49. The van der Waals surface area contributed by atoms with Crippen LogP contribution >= 0.6 is 23.2 Å². The topological polar surface area (TPSA) is 12.0 Å². The second-order valence-electron chi connectivity index (χ2n) is 3.85. The molecule has 17 heavy (non-hydrogen) atoms. The van der Waals surface area contributed by atoms with E-state index in [0.29, 0.717) is 10.0 Å². The normalized spacial score (nSPS) is 15.0. The van der Waals surface area contributed by atoms with Gasteiger partial charge in [0.05, 0.1) is 15.7 Å². The van der Waals surface area contributed by atoms with Crippen molar-refractivity contribution in [3.8, 4) is 0 Å². The Labute approximate surface area is 111 Å². The van der Waals surface area contributed by atoms with Crippen LogP contribution in [0.15, 0.2) is 53.8 Å². The molecule has 1 aliphatic rings. The number of halogens is 2. The van der Waals surface area contributed by atoms with E-state index in [4.69, 9.17) is 23.2 Å². The van der Waals surface area contributed by atoms with Gasteiger partial charge in [-0.1, -0.05) is 47.5 Å². The van der Waals surface area contributed by atoms with E-state index in [-0.39, 0.29) is 0 Å². The van der Waals surface area contributed by atoms with Crippen LogP contribution in [0.5, 0.6) is 0 Å². The Kier molecular flexibility index (Phi) is 3.93. The van der Waals surface area contributed by atoms with E-state index < -0.39 is 0 Å². The number of rotatable bonds is 2. The highest BCUT2D eigenvalue weighted by Crippen LogP contribution is 2.32. The van der Waals surface area contributed by atoms with Crippen molar-refractivity contribution in [2.75, 3.05) is 5.32 Å². The fourth-order valence-electron chi connectivity index (χ4n) is 1.62. The fourth-order valence-corrected chi connectivity index (χ4v) is 2.11. The number of benzene rings is 1. The molecule has 1 aromatic carbocycles. The SMILES string of the molecule is CC1=CCC=CC=C1Nc1c(Cl)cccc1Cl. The van der Waals surface area contributed by atoms with E-state index in [2.05, 4.69) is 24.4 Å². The van der Waals surface area contributed by atoms with Crippen molar-refractivity contribution in [1.82, 2.24) is 0 Å². The van der Waals surface area contributed by atoms with Gasteiger partial charge >= 0.3 is 0 Å². The number of para-hydroxylation sites is 1. The maximum absolute atomic E-state index is 6.13. The summed E-state index contributed by atoms with van der Waals surface area (Å²) in [5.74, 6) is 0. The molecule has 0 spiro atoms. The first-order valence-electron chi connectivity index (χ1n) is 5.43. The molecule has 2 rings (SSSR count). The van der Waals surface area contributed by atoms with Crippen LogP contribution in [0.1, 0.15) is 13.3 Å². The molecule has 1 aromatic rings. The summed E-state index contributed by atoms with van der Waals surface area (Å²) in [5, 5.41) is 4.53. The van der Waals surface area contributed by atoms with Crippen LogP contribution in [0.4, 0.5) is 5.69 Å². The molecule has 0 saturated heterocycles. The van der Waals surface area contributed by atoms with Gasteiger partial charge in [0, 0.05) is 5.70 Å². The third-order valence-corrected chi connectivity index (χ3v) is 3.24. The Morgan fingerprint density at radius 3 is 2.59 bits per heavy atom. The standard InChI is InChI=1S/C14H13Cl2N/c1-10-6-3-2-4-9-13(10)17-14-11(15)7-5-8-12(14)16/h2,4-9,17H,3H2,1H3. The van der Waals surface area contributed by atoms with Crippen LogP contribution in [0, 0.1) is 0 Å². The third kappa shape index (κ3) is 2.93. The molecule has 0 radical (unpaired) electrons. The summed E-state index contributed by atoms with van der Waals surface area (Å²) >= 11 is 12.3. The summed E-state index contributed by atoms with van der Waals surface area (Å²) in [6.07, 6.45) is 9.27. The van der Waals surface area contributed by atoms with Crippen molar-refractivity contribution in [3.05, 3.63) is 63.8 Å². The lowest BCUT2D eigenvalue weighted by atomic mass is 10.2. The van der Waals surface area contributed by atoms with Crippen LogP contribution in [0.25, 0.3) is 0 Å². The molecule has 0 fully saturated rings. The molecule has 0 amide bonds. The zero-order valence-electron chi connectivity index (χ0n) is 9.50. The molecule has 0 saturated carbocycles. The quantitative estimate of drug-likeness (QED) is 0.776.